The maximum Gasteiger partial charge on any atom is 0.283 e. The van der Waals surface area contributed by atoms with E-state index in [2.05, 4.69) is 21.2 Å². The first-order valence-corrected chi connectivity index (χ1v) is 8.44. The number of nitrogens with zero attached hydrogens (tertiary/aromatic N) is 1. The monoisotopic (exact) mass is 404 g/mol. The van der Waals surface area contributed by atoms with Crippen LogP contribution in [0.2, 0.25) is 0 Å². The van der Waals surface area contributed by atoms with Gasteiger partial charge in [-0.25, -0.2) is 4.90 Å². The second-order valence-corrected chi connectivity index (χ2v) is 6.85. The van der Waals surface area contributed by atoms with E-state index in [9.17, 15) is 9.59 Å². The predicted octanol–water partition coefficient (Wildman–Crippen LogP) is 4.50. The Morgan fingerprint density at radius 2 is 1.67 bits per heavy atom. The van der Waals surface area contributed by atoms with Gasteiger partial charge in [-0.15, -0.1) is 0 Å². The van der Waals surface area contributed by atoms with E-state index in [4.69, 9.17) is 11.6 Å². The van der Waals surface area contributed by atoms with Gasteiger partial charge in [-0.3, -0.25) is 9.59 Å². The summed E-state index contributed by atoms with van der Waals surface area (Å²) in [7, 11) is 0. The van der Waals surface area contributed by atoms with Gasteiger partial charge < -0.3 is 5.32 Å². The minimum atomic E-state index is -0.520. The number of hydrogen-bond acceptors (Lipinski definition) is 3. The zero-order chi connectivity index (χ0) is 17.4. The van der Waals surface area contributed by atoms with E-state index in [0.29, 0.717) is 11.4 Å². The van der Waals surface area contributed by atoms with Crippen LogP contribution < -0.4 is 10.2 Å². The number of nitrogens with one attached hydrogen (secondary N) is 1. The normalized spacial score (nSPS) is 14.6. The van der Waals surface area contributed by atoms with Gasteiger partial charge in [0.2, 0.25) is 0 Å². The van der Waals surface area contributed by atoms with Crippen LogP contribution in [0.5, 0.6) is 0 Å². The van der Waals surface area contributed by atoms with Crippen molar-refractivity contribution in [1.82, 2.24) is 0 Å². The summed E-state index contributed by atoms with van der Waals surface area (Å²) < 4.78 is 0.916. The van der Waals surface area contributed by atoms with Gasteiger partial charge in [-0.1, -0.05) is 45.2 Å². The van der Waals surface area contributed by atoms with Crippen LogP contribution in [0, 0.1) is 13.8 Å². The fourth-order valence-electron chi connectivity index (χ4n) is 2.56. The number of amides is 2. The summed E-state index contributed by atoms with van der Waals surface area (Å²) in [4.78, 5) is 26.3. The number of carbonyl (C=O) groups excluding carboxylic acids is 2. The molecule has 0 bridgehead atoms. The molecule has 0 radical (unpaired) electrons. The summed E-state index contributed by atoms with van der Waals surface area (Å²) in [5.74, 6) is -0.979. The highest BCUT2D eigenvalue weighted by molar-refractivity contribution is 9.10. The number of anilines is 2. The molecule has 122 valence electrons. The highest BCUT2D eigenvalue weighted by Crippen LogP contribution is 2.32. The third kappa shape index (κ3) is 2.97. The summed E-state index contributed by atoms with van der Waals surface area (Å²) in [6.45, 7) is 3.81. The maximum absolute atomic E-state index is 12.7. The molecule has 2 amide bonds. The Bertz CT molecular complexity index is 875. The molecule has 2 aromatic rings. The van der Waals surface area contributed by atoms with Crippen molar-refractivity contribution < 1.29 is 9.59 Å². The first-order chi connectivity index (χ1) is 11.4. The molecule has 6 heteroatoms. The molecule has 1 heterocycles. The van der Waals surface area contributed by atoms with Gasteiger partial charge in [0.15, 0.2) is 0 Å². The van der Waals surface area contributed by atoms with Gasteiger partial charge in [0, 0.05) is 10.2 Å². The first kappa shape index (κ1) is 16.7. The van der Waals surface area contributed by atoms with Crippen LogP contribution in [0.15, 0.2) is 57.7 Å². The lowest BCUT2D eigenvalue weighted by atomic mass is 10.1. The van der Waals surface area contributed by atoms with E-state index in [-0.39, 0.29) is 10.7 Å². The Balaban J connectivity index is 1.94. The van der Waals surface area contributed by atoms with E-state index < -0.39 is 11.8 Å². The number of halogens is 2. The summed E-state index contributed by atoms with van der Waals surface area (Å²) >= 11 is 9.48. The Hall–Kier alpha value is -2.11. The Morgan fingerprint density at radius 3 is 2.29 bits per heavy atom. The van der Waals surface area contributed by atoms with Gasteiger partial charge in [0.25, 0.3) is 11.8 Å². The SMILES string of the molecule is Cc1ccc(N2C(=O)C(Cl)=C(Nc3ccc(Br)cc3)C2=O)c(C)c1. The van der Waals surface area contributed by atoms with Crippen LogP contribution >= 0.6 is 27.5 Å². The highest BCUT2D eigenvalue weighted by Gasteiger charge is 2.39. The van der Waals surface area contributed by atoms with Crippen molar-refractivity contribution in [2.24, 2.45) is 0 Å². The minimum Gasteiger partial charge on any atom is -0.350 e. The van der Waals surface area contributed by atoms with Crippen LogP contribution in [-0.2, 0) is 9.59 Å². The largest absolute Gasteiger partial charge is 0.350 e. The number of aryl methyl sites for hydroxylation is 2. The number of hydrogen-bond donors (Lipinski definition) is 1. The first-order valence-electron chi connectivity index (χ1n) is 7.27. The zero-order valence-corrected chi connectivity index (χ0v) is 15.4. The number of rotatable bonds is 3. The van der Waals surface area contributed by atoms with Crippen LogP contribution in [0.3, 0.4) is 0 Å². The lowest BCUT2D eigenvalue weighted by molar-refractivity contribution is -0.120. The van der Waals surface area contributed by atoms with E-state index in [0.717, 1.165) is 20.5 Å². The molecule has 4 nitrogen and oxygen atoms in total. The van der Waals surface area contributed by atoms with Crippen molar-refractivity contribution in [3.8, 4) is 0 Å². The molecule has 0 saturated carbocycles. The maximum atomic E-state index is 12.7. The summed E-state index contributed by atoms with van der Waals surface area (Å²) in [6, 6.07) is 12.8. The van der Waals surface area contributed by atoms with Crippen molar-refractivity contribution in [2.75, 3.05) is 10.2 Å². The van der Waals surface area contributed by atoms with Gasteiger partial charge in [0.05, 0.1) is 5.69 Å². The minimum absolute atomic E-state index is 0.0870. The predicted molar refractivity (Wildman–Crippen MR) is 99.1 cm³/mol. The average Bonchev–Trinajstić information content (AvgIpc) is 2.74. The van der Waals surface area contributed by atoms with Crippen LogP contribution in [0.4, 0.5) is 11.4 Å². The van der Waals surface area contributed by atoms with Crippen molar-refractivity contribution in [3.05, 3.63) is 68.8 Å². The van der Waals surface area contributed by atoms with Crippen molar-refractivity contribution in [3.63, 3.8) is 0 Å². The Kier molecular flexibility index (Phi) is 4.47. The molecule has 1 aliphatic heterocycles. The quantitative estimate of drug-likeness (QED) is 0.765. The van der Waals surface area contributed by atoms with E-state index in [1.807, 2.05) is 38.1 Å². The van der Waals surface area contributed by atoms with Crippen molar-refractivity contribution in [2.45, 2.75) is 13.8 Å². The summed E-state index contributed by atoms with van der Waals surface area (Å²) in [5, 5.41) is 2.83. The average molecular weight is 406 g/mol. The molecule has 0 fully saturated rings. The molecule has 2 aromatic carbocycles. The second-order valence-electron chi connectivity index (χ2n) is 5.56. The van der Waals surface area contributed by atoms with Crippen LogP contribution in [0.25, 0.3) is 0 Å². The third-order valence-corrected chi connectivity index (χ3v) is 4.61. The lowest BCUT2D eigenvalue weighted by Crippen LogP contribution is -2.32. The molecule has 0 saturated heterocycles. The molecule has 1 aliphatic rings. The third-order valence-electron chi connectivity index (χ3n) is 3.73. The molecule has 0 atom stereocenters. The van der Waals surface area contributed by atoms with Gasteiger partial charge >= 0.3 is 0 Å². The standard InChI is InChI=1S/C18H14BrClN2O2/c1-10-3-8-14(11(2)9-10)22-17(23)15(20)16(18(22)24)21-13-6-4-12(19)5-7-13/h3-9,21H,1-2H3. The molecule has 0 aliphatic carbocycles. The molecular weight excluding hydrogens is 392 g/mol. The Morgan fingerprint density at radius 1 is 1.00 bits per heavy atom. The molecule has 1 N–H and O–H groups in total. The summed E-state index contributed by atoms with van der Waals surface area (Å²) in [6.07, 6.45) is 0. The molecule has 0 spiro atoms. The van der Waals surface area contributed by atoms with E-state index in [1.165, 1.54) is 0 Å². The number of imide groups is 1. The molecule has 0 aromatic heterocycles. The fourth-order valence-corrected chi connectivity index (χ4v) is 3.04. The van der Waals surface area contributed by atoms with E-state index in [1.54, 1.807) is 18.2 Å². The lowest BCUT2D eigenvalue weighted by Gasteiger charge is -2.18. The molecule has 24 heavy (non-hydrogen) atoms. The van der Waals surface area contributed by atoms with Crippen LogP contribution in [-0.4, -0.2) is 11.8 Å². The van der Waals surface area contributed by atoms with E-state index >= 15 is 0 Å². The smallest absolute Gasteiger partial charge is 0.283 e. The highest BCUT2D eigenvalue weighted by atomic mass is 79.9. The zero-order valence-electron chi connectivity index (χ0n) is 13.1. The summed E-state index contributed by atoms with van der Waals surface area (Å²) in [5.41, 5.74) is 3.20. The van der Waals surface area contributed by atoms with Crippen molar-refractivity contribution >= 4 is 50.7 Å². The van der Waals surface area contributed by atoms with Crippen LogP contribution in [0.1, 0.15) is 11.1 Å². The molecule has 0 unspecified atom stereocenters. The van der Waals surface area contributed by atoms with Gasteiger partial charge in [0.1, 0.15) is 10.7 Å². The second kappa shape index (κ2) is 6.42. The topological polar surface area (TPSA) is 49.4 Å². The Labute approximate surface area is 153 Å². The molecule has 3 rings (SSSR count). The fraction of sp³-hybridized carbons (Fsp3) is 0.111. The van der Waals surface area contributed by atoms with Gasteiger partial charge in [-0.05, 0) is 49.7 Å². The molecular formula is C18H14BrClN2O2. The number of carbonyl (C=O) groups is 2. The van der Waals surface area contributed by atoms with Gasteiger partial charge in [-0.2, -0.15) is 0 Å². The number of benzene rings is 2. The van der Waals surface area contributed by atoms with Crippen molar-refractivity contribution in [1.29, 1.82) is 0 Å².